The fraction of sp³-hybridized carbons (Fsp3) is 0.227. The number of allylic oxidation sites excluding steroid dienone is 1. The molecule has 134 valence electrons. The molecule has 0 saturated heterocycles. The van der Waals surface area contributed by atoms with E-state index in [0.29, 0.717) is 6.42 Å². The molecule has 3 rings (SSSR count). The zero-order valence-electron chi connectivity index (χ0n) is 14.8. The minimum absolute atomic E-state index is 0.328. The average Bonchev–Trinajstić information content (AvgIpc) is 2.98. The lowest BCUT2D eigenvalue weighted by Gasteiger charge is -2.08. The van der Waals surface area contributed by atoms with Crippen molar-refractivity contribution in [1.82, 2.24) is 10.8 Å². The van der Waals surface area contributed by atoms with Crippen LogP contribution in [0.15, 0.2) is 66.9 Å². The molecule has 2 aromatic rings. The summed E-state index contributed by atoms with van der Waals surface area (Å²) in [4.78, 5) is 10.9. The van der Waals surface area contributed by atoms with Gasteiger partial charge in [0.2, 0.25) is 5.91 Å². The van der Waals surface area contributed by atoms with Crippen LogP contribution >= 0.6 is 0 Å². The van der Waals surface area contributed by atoms with Crippen LogP contribution in [0.2, 0.25) is 0 Å². The molecule has 0 spiro atoms. The van der Waals surface area contributed by atoms with Crippen molar-refractivity contribution in [2.75, 3.05) is 6.54 Å². The van der Waals surface area contributed by atoms with E-state index in [1.54, 1.807) is 5.48 Å². The zero-order chi connectivity index (χ0) is 18.4. The van der Waals surface area contributed by atoms with Crippen molar-refractivity contribution in [3.63, 3.8) is 0 Å². The maximum atomic E-state index is 10.9. The first kappa shape index (κ1) is 18.0. The summed E-state index contributed by atoms with van der Waals surface area (Å²) in [5, 5.41) is 11.8. The highest BCUT2D eigenvalue weighted by molar-refractivity contribution is 6.01. The lowest BCUT2D eigenvalue weighted by Crippen LogP contribution is -2.18. The molecule has 0 bridgehead atoms. The van der Waals surface area contributed by atoms with Gasteiger partial charge in [0, 0.05) is 18.7 Å². The number of benzene rings is 2. The number of fused-ring (bicyclic) bond motifs is 3. The van der Waals surface area contributed by atoms with Crippen LogP contribution in [-0.2, 0) is 4.79 Å². The molecule has 0 saturated carbocycles. The second-order valence-electron chi connectivity index (χ2n) is 6.45. The zero-order valence-corrected chi connectivity index (χ0v) is 14.8. The summed E-state index contributed by atoms with van der Waals surface area (Å²) in [6, 6.07) is 16.9. The number of hydroxylamine groups is 1. The molecule has 1 aliphatic carbocycles. The molecule has 26 heavy (non-hydrogen) atoms. The fourth-order valence-corrected chi connectivity index (χ4v) is 3.32. The molecule has 0 fully saturated rings. The highest BCUT2D eigenvalue weighted by Crippen LogP contribution is 2.43. The van der Waals surface area contributed by atoms with E-state index in [1.165, 1.54) is 27.8 Å². The van der Waals surface area contributed by atoms with E-state index in [2.05, 4.69) is 66.5 Å². The molecule has 3 N–H and O–H groups in total. The van der Waals surface area contributed by atoms with Crippen molar-refractivity contribution in [1.29, 1.82) is 0 Å². The van der Waals surface area contributed by atoms with Crippen molar-refractivity contribution >= 4 is 11.5 Å². The Kier molecular flexibility index (Phi) is 5.87. The minimum atomic E-state index is -0.328. The number of carbonyl (C=O) groups excluding carboxylic acids is 1. The first-order valence-electron chi connectivity index (χ1n) is 8.97. The van der Waals surface area contributed by atoms with Gasteiger partial charge in [-0.25, -0.2) is 5.48 Å². The van der Waals surface area contributed by atoms with Gasteiger partial charge in [0.25, 0.3) is 0 Å². The smallest absolute Gasteiger partial charge is 0.243 e. The number of carbonyl (C=O) groups is 1. The SMILES string of the molecule is C=C(C=C1c2ccccc2-c2ccccc21)NCCCCCC(=O)NO. The van der Waals surface area contributed by atoms with E-state index in [9.17, 15) is 4.79 Å². The lowest BCUT2D eigenvalue weighted by atomic mass is 10.0. The summed E-state index contributed by atoms with van der Waals surface area (Å²) in [6.45, 7) is 4.95. The van der Waals surface area contributed by atoms with Crippen LogP contribution in [0, 0.1) is 0 Å². The van der Waals surface area contributed by atoms with Crippen LogP contribution in [0.1, 0.15) is 36.8 Å². The molecule has 4 nitrogen and oxygen atoms in total. The van der Waals surface area contributed by atoms with Crippen LogP contribution in [-0.4, -0.2) is 17.7 Å². The summed E-state index contributed by atoms with van der Waals surface area (Å²) < 4.78 is 0. The molecule has 0 unspecified atom stereocenters. The number of hydrogen-bond acceptors (Lipinski definition) is 3. The van der Waals surface area contributed by atoms with Gasteiger partial charge in [-0.3, -0.25) is 10.0 Å². The maximum absolute atomic E-state index is 10.9. The molecular formula is C22H24N2O2. The van der Waals surface area contributed by atoms with Crippen molar-refractivity contribution in [3.05, 3.63) is 78.0 Å². The number of nitrogens with one attached hydrogen (secondary N) is 2. The highest BCUT2D eigenvalue weighted by atomic mass is 16.5. The fourth-order valence-electron chi connectivity index (χ4n) is 3.32. The van der Waals surface area contributed by atoms with Crippen LogP contribution in [0.4, 0.5) is 0 Å². The number of rotatable bonds is 8. The molecule has 0 radical (unpaired) electrons. The minimum Gasteiger partial charge on any atom is -0.386 e. The molecule has 2 aromatic carbocycles. The summed E-state index contributed by atoms with van der Waals surface area (Å²) in [7, 11) is 0. The van der Waals surface area contributed by atoms with Crippen molar-refractivity contribution in [2.45, 2.75) is 25.7 Å². The monoisotopic (exact) mass is 348 g/mol. The number of amides is 1. The second kappa shape index (κ2) is 8.50. The van der Waals surface area contributed by atoms with Gasteiger partial charge in [-0.2, -0.15) is 0 Å². The molecule has 0 aliphatic heterocycles. The Labute approximate surface area is 154 Å². The topological polar surface area (TPSA) is 61.4 Å². The van der Waals surface area contributed by atoms with Gasteiger partial charge in [0.05, 0.1) is 0 Å². The maximum Gasteiger partial charge on any atom is 0.243 e. The normalized spacial score (nSPS) is 11.5. The van der Waals surface area contributed by atoms with E-state index < -0.39 is 0 Å². The largest absolute Gasteiger partial charge is 0.386 e. The average molecular weight is 348 g/mol. The molecule has 1 aliphatic rings. The molecule has 0 aromatic heterocycles. The number of hydrogen-bond donors (Lipinski definition) is 3. The Bertz CT molecular complexity index is 792. The highest BCUT2D eigenvalue weighted by Gasteiger charge is 2.22. The standard InChI is InChI=1S/C22H24N2O2/c1-16(23-14-8-2-3-13-22(25)24-26)15-21-19-11-6-4-9-17(19)18-10-5-7-12-20(18)21/h4-7,9-12,15,23,26H,1-3,8,13-14H2,(H,24,25). The van der Waals surface area contributed by atoms with Crippen LogP contribution < -0.4 is 10.8 Å². The Balaban J connectivity index is 1.59. The Morgan fingerprint density at radius 2 is 1.50 bits per heavy atom. The summed E-state index contributed by atoms with van der Waals surface area (Å²) in [5.74, 6) is -0.328. The van der Waals surface area contributed by atoms with Crippen molar-refractivity contribution < 1.29 is 10.0 Å². The van der Waals surface area contributed by atoms with E-state index in [-0.39, 0.29) is 5.91 Å². The van der Waals surface area contributed by atoms with E-state index in [4.69, 9.17) is 5.21 Å². The van der Waals surface area contributed by atoms with Gasteiger partial charge in [0.15, 0.2) is 0 Å². The molecule has 0 atom stereocenters. The third kappa shape index (κ3) is 4.03. The van der Waals surface area contributed by atoms with E-state index >= 15 is 0 Å². The van der Waals surface area contributed by atoms with Gasteiger partial charge in [0.1, 0.15) is 0 Å². The summed E-state index contributed by atoms with van der Waals surface area (Å²) >= 11 is 0. The quantitative estimate of drug-likeness (QED) is 0.324. The predicted molar refractivity (Wildman–Crippen MR) is 104 cm³/mol. The van der Waals surface area contributed by atoms with Gasteiger partial charge in [-0.05, 0) is 46.7 Å². The second-order valence-corrected chi connectivity index (χ2v) is 6.45. The van der Waals surface area contributed by atoms with Gasteiger partial charge < -0.3 is 5.32 Å². The first-order chi connectivity index (χ1) is 12.7. The van der Waals surface area contributed by atoms with Crippen LogP contribution in [0.5, 0.6) is 0 Å². The number of unbranched alkanes of at least 4 members (excludes halogenated alkanes) is 2. The van der Waals surface area contributed by atoms with Gasteiger partial charge >= 0.3 is 0 Å². The third-order valence-electron chi connectivity index (χ3n) is 4.60. The van der Waals surface area contributed by atoms with Crippen LogP contribution in [0.3, 0.4) is 0 Å². The Morgan fingerprint density at radius 1 is 0.923 bits per heavy atom. The van der Waals surface area contributed by atoms with E-state index in [1.807, 2.05) is 0 Å². The first-order valence-corrected chi connectivity index (χ1v) is 8.97. The van der Waals surface area contributed by atoms with E-state index in [0.717, 1.165) is 31.5 Å². The Hall–Kier alpha value is -2.85. The summed E-state index contributed by atoms with van der Waals surface area (Å²) in [6.07, 6.45) is 5.12. The predicted octanol–water partition coefficient (Wildman–Crippen LogP) is 4.27. The van der Waals surface area contributed by atoms with Crippen molar-refractivity contribution in [2.24, 2.45) is 0 Å². The molecular weight excluding hydrogens is 324 g/mol. The van der Waals surface area contributed by atoms with Crippen LogP contribution in [0.25, 0.3) is 16.7 Å². The molecule has 4 heteroatoms. The van der Waals surface area contributed by atoms with Gasteiger partial charge in [-0.1, -0.05) is 61.5 Å². The third-order valence-corrected chi connectivity index (χ3v) is 4.60. The molecule has 1 amide bonds. The molecule has 0 heterocycles. The lowest BCUT2D eigenvalue weighted by molar-refractivity contribution is -0.129. The summed E-state index contributed by atoms with van der Waals surface area (Å²) in [5.41, 5.74) is 8.77. The van der Waals surface area contributed by atoms with Crippen molar-refractivity contribution in [3.8, 4) is 11.1 Å². The Morgan fingerprint density at radius 3 is 2.08 bits per heavy atom. The van der Waals surface area contributed by atoms with Gasteiger partial charge in [-0.15, -0.1) is 0 Å².